The molecule has 29 heteroatoms. The average molecular weight is 1190 g/mol. The molecule has 84 heavy (non-hydrogen) atoms. The summed E-state index contributed by atoms with van der Waals surface area (Å²) in [5, 5.41) is 70.0. The molecule has 14 atom stereocenters. The van der Waals surface area contributed by atoms with Crippen molar-refractivity contribution in [3.05, 3.63) is 35.9 Å². The smallest absolute Gasteiger partial charge is 0.245 e. The monoisotopic (exact) mass is 1190 g/mol. The lowest BCUT2D eigenvalue weighted by Gasteiger charge is -2.30. The summed E-state index contributed by atoms with van der Waals surface area (Å²) in [7, 11) is 0. The number of hydrogen-bond acceptors (Lipinski definition) is 18. The van der Waals surface area contributed by atoms with E-state index in [0.717, 1.165) is 39.5 Å². The second kappa shape index (κ2) is 38.1. The Bertz CT molecular complexity index is 2310. The number of carbonyl (C=O) groups excluding carboxylic acids is 11. The van der Waals surface area contributed by atoms with Crippen molar-refractivity contribution in [2.75, 3.05) is 26.2 Å². The molecule has 0 saturated carbocycles. The Morgan fingerprint density at radius 1 is 0.536 bits per heavy atom. The van der Waals surface area contributed by atoms with E-state index >= 15 is 0 Å². The first-order valence-electron chi connectivity index (χ1n) is 28.9. The standard InChI is InChI=1S/C55H94N14O15/c1-8-9-10-11-15-18-41(74)66-43(31(5)71)54(83)69-45(33(7)73)55(84)68-44(32(6)72)53(82)63-38-22-26-59-52(81)42(30(4)70)67-49(78)37(21-25-58)61-46(75)35(19-23-56)62-50(79)39(27-29(2)3)64-51(80)40(28-34-16-13-12-14-17-34)65-47(76)36(20-24-57)60-48(38)77/h12-14,16-17,29-33,35-40,42-45,70-73H,8-11,15,18-28,56-58H2,1-7H3,(H,59,81)(H,60,77)(H,61,75)(H,62,79)(H,63,82)(H,64,80)(H,65,76)(H,66,74)(H,67,78)(H,68,84)(H,69,83)/t30-,31-,32-,33-,35+,36+,37+,38+,39+,40-,42+,43+,44-,45+/m1/s1. The van der Waals surface area contributed by atoms with Gasteiger partial charge in [0.15, 0.2) is 0 Å². The lowest BCUT2D eigenvalue weighted by molar-refractivity contribution is -0.139. The van der Waals surface area contributed by atoms with E-state index in [9.17, 15) is 73.2 Å². The number of amides is 11. The van der Waals surface area contributed by atoms with Gasteiger partial charge in [-0.15, -0.1) is 0 Å². The third-order valence-corrected chi connectivity index (χ3v) is 13.7. The van der Waals surface area contributed by atoms with Gasteiger partial charge in [0.05, 0.1) is 24.4 Å². The van der Waals surface area contributed by atoms with Crippen LogP contribution < -0.4 is 75.7 Å². The normalized spacial score (nSPS) is 23.4. The molecule has 1 aliphatic heterocycles. The van der Waals surface area contributed by atoms with E-state index in [4.69, 9.17) is 17.2 Å². The molecule has 1 heterocycles. The summed E-state index contributed by atoms with van der Waals surface area (Å²) >= 11 is 0. The van der Waals surface area contributed by atoms with Crippen molar-refractivity contribution < 1.29 is 73.2 Å². The molecule has 21 N–H and O–H groups in total. The van der Waals surface area contributed by atoms with Gasteiger partial charge < -0.3 is 96.1 Å². The number of aliphatic hydroxyl groups is 4. The SMILES string of the molecule is CCCCCCCC(=O)N[C@H](C(=O)N[C@H](C(=O)N[C@@H](C(=O)N[C@H]1CCNC(=O)[C@H]([C@@H](C)O)NC(=O)[C@H](CCN)NC(=O)[C@H](CCN)NC(=O)[C@H](CC(C)C)NC(=O)[C@@H](Cc2ccccc2)NC(=O)[C@H](CCN)NC1=O)[C@@H](C)O)[C@@H](C)O)[C@@H](C)O. The molecule has 1 saturated heterocycles. The first-order chi connectivity index (χ1) is 39.7. The Hall–Kier alpha value is -6.89. The van der Waals surface area contributed by atoms with E-state index in [1.165, 1.54) is 13.8 Å². The molecule has 474 valence electrons. The number of rotatable bonds is 27. The van der Waals surface area contributed by atoms with Crippen LogP contribution >= 0.6 is 0 Å². The predicted octanol–water partition coefficient (Wildman–Crippen LogP) is -5.43. The van der Waals surface area contributed by atoms with Crippen LogP contribution in [0, 0.1) is 5.92 Å². The first kappa shape index (κ1) is 73.2. The summed E-state index contributed by atoms with van der Waals surface area (Å²) in [6.45, 7) is 9.17. The number of aliphatic hydroxyl groups excluding tert-OH is 4. The third kappa shape index (κ3) is 25.5. The highest BCUT2D eigenvalue weighted by Crippen LogP contribution is 2.12. The molecule has 1 aromatic carbocycles. The van der Waals surface area contributed by atoms with Crippen LogP contribution in [-0.4, -0.2) is 196 Å². The molecule has 0 aromatic heterocycles. The van der Waals surface area contributed by atoms with Crippen LogP contribution in [0.1, 0.15) is 125 Å². The Morgan fingerprint density at radius 2 is 0.964 bits per heavy atom. The minimum absolute atomic E-state index is 0.0302. The Labute approximate surface area is 490 Å². The fourth-order valence-corrected chi connectivity index (χ4v) is 8.91. The van der Waals surface area contributed by atoms with Crippen molar-refractivity contribution in [1.82, 2.24) is 58.5 Å². The molecule has 1 aromatic rings. The van der Waals surface area contributed by atoms with Crippen LogP contribution in [-0.2, 0) is 59.2 Å². The molecule has 11 amide bonds. The van der Waals surface area contributed by atoms with Gasteiger partial charge >= 0.3 is 0 Å². The van der Waals surface area contributed by atoms with Crippen LogP contribution in [0.2, 0.25) is 0 Å². The van der Waals surface area contributed by atoms with Crippen molar-refractivity contribution >= 4 is 65.0 Å². The average Bonchev–Trinajstić information content (AvgIpc) is 3.53. The number of nitrogens with two attached hydrogens (primary N) is 3. The summed E-state index contributed by atoms with van der Waals surface area (Å²) < 4.78 is 0. The highest BCUT2D eigenvalue weighted by atomic mass is 16.3. The number of unbranched alkanes of at least 4 members (excludes halogenated alkanes) is 4. The fraction of sp³-hybridized carbons (Fsp3) is 0.691. The van der Waals surface area contributed by atoms with Crippen molar-refractivity contribution in [3.8, 4) is 0 Å². The first-order valence-corrected chi connectivity index (χ1v) is 28.9. The maximum Gasteiger partial charge on any atom is 0.245 e. The van der Waals surface area contributed by atoms with Gasteiger partial charge in [0.2, 0.25) is 65.0 Å². The molecule has 0 spiro atoms. The van der Waals surface area contributed by atoms with Crippen LogP contribution in [0.3, 0.4) is 0 Å². The summed E-state index contributed by atoms with van der Waals surface area (Å²) in [4.78, 5) is 153. The Balaban J connectivity index is 2.69. The summed E-state index contributed by atoms with van der Waals surface area (Å²) in [6.07, 6.45) is -3.59. The lowest BCUT2D eigenvalue weighted by atomic mass is 10.00. The number of carbonyl (C=O) groups is 11. The van der Waals surface area contributed by atoms with Gasteiger partial charge in [-0.1, -0.05) is 76.8 Å². The van der Waals surface area contributed by atoms with Gasteiger partial charge in [0.25, 0.3) is 0 Å². The molecule has 1 fully saturated rings. The van der Waals surface area contributed by atoms with Crippen LogP contribution in [0.25, 0.3) is 0 Å². The van der Waals surface area contributed by atoms with E-state index < -0.39 is 163 Å². The molecular weight excluding hydrogens is 1100 g/mol. The van der Waals surface area contributed by atoms with Crippen molar-refractivity contribution in [2.24, 2.45) is 23.1 Å². The molecule has 2 rings (SSSR count). The maximum atomic E-state index is 14.5. The molecule has 29 nitrogen and oxygen atoms in total. The molecule has 1 aliphatic rings. The van der Waals surface area contributed by atoms with Gasteiger partial charge in [-0.2, -0.15) is 0 Å². The minimum atomic E-state index is -1.96. The van der Waals surface area contributed by atoms with E-state index in [2.05, 4.69) is 58.5 Å². The Morgan fingerprint density at radius 3 is 1.44 bits per heavy atom. The zero-order valence-corrected chi connectivity index (χ0v) is 49.4. The van der Waals surface area contributed by atoms with Crippen molar-refractivity contribution in [1.29, 1.82) is 0 Å². The number of nitrogens with one attached hydrogen (secondary N) is 11. The minimum Gasteiger partial charge on any atom is -0.391 e. The molecule has 0 radical (unpaired) electrons. The van der Waals surface area contributed by atoms with E-state index in [1.54, 1.807) is 44.2 Å². The highest BCUT2D eigenvalue weighted by Gasteiger charge is 2.39. The van der Waals surface area contributed by atoms with Gasteiger partial charge in [0, 0.05) is 19.4 Å². The summed E-state index contributed by atoms with van der Waals surface area (Å²) in [6, 6.07) is -7.52. The number of hydrogen-bond donors (Lipinski definition) is 18. The van der Waals surface area contributed by atoms with Crippen LogP contribution in [0.4, 0.5) is 0 Å². The third-order valence-electron chi connectivity index (χ3n) is 13.7. The van der Waals surface area contributed by atoms with Gasteiger partial charge in [-0.05, 0) is 97.3 Å². The lowest BCUT2D eigenvalue weighted by Crippen LogP contribution is -2.64. The van der Waals surface area contributed by atoms with Crippen LogP contribution in [0.15, 0.2) is 30.3 Å². The fourth-order valence-electron chi connectivity index (χ4n) is 8.91. The molecular formula is C55H94N14O15. The highest BCUT2D eigenvalue weighted by molar-refractivity contribution is 5.99. The van der Waals surface area contributed by atoms with Crippen molar-refractivity contribution in [3.63, 3.8) is 0 Å². The topological polar surface area (TPSA) is 479 Å². The molecule has 0 aliphatic carbocycles. The zero-order chi connectivity index (χ0) is 63.2. The largest absolute Gasteiger partial charge is 0.391 e. The maximum absolute atomic E-state index is 14.5. The summed E-state index contributed by atoms with van der Waals surface area (Å²) in [5.74, 6) is -10.9. The quantitative estimate of drug-likeness (QED) is 0.0366. The molecule has 0 unspecified atom stereocenters. The predicted molar refractivity (Wildman–Crippen MR) is 308 cm³/mol. The van der Waals surface area contributed by atoms with Gasteiger partial charge in [-0.3, -0.25) is 52.7 Å². The number of benzene rings is 1. The van der Waals surface area contributed by atoms with Gasteiger partial charge in [-0.25, -0.2) is 0 Å². The van der Waals surface area contributed by atoms with Gasteiger partial charge in [0.1, 0.15) is 60.4 Å². The molecule has 0 bridgehead atoms. The Kier molecular flexibility index (Phi) is 33.2. The summed E-state index contributed by atoms with van der Waals surface area (Å²) in [5.41, 5.74) is 18.2. The van der Waals surface area contributed by atoms with Crippen LogP contribution in [0.5, 0.6) is 0 Å². The van der Waals surface area contributed by atoms with E-state index in [-0.39, 0.29) is 64.1 Å². The van der Waals surface area contributed by atoms with Crippen molar-refractivity contribution in [2.45, 2.75) is 210 Å². The zero-order valence-electron chi connectivity index (χ0n) is 49.4. The van der Waals surface area contributed by atoms with E-state index in [1.807, 2.05) is 6.92 Å². The van der Waals surface area contributed by atoms with E-state index in [0.29, 0.717) is 12.0 Å². The second-order valence-electron chi connectivity index (χ2n) is 21.6. The second-order valence-corrected chi connectivity index (χ2v) is 21.6.